The topological polar surface area (TPSA) is 0 Å². The monoisotopic (exact) mass is 560 g/mol. The van der Waals surface area contributed by atoms with Gasteiger partial charge in [0.05, 0.1) is 0 Å². The first-order chi connectivity index (χ1) is 16.4. The first-order valence-electron chi connectivity index (χ1n) is 12.2. The van der Waals surface area contributed by atoms with Crippen LogP contribution in [0.2, 0.25) is 10.5 Å². The Morgan fingerprint density at radius 1 is 0.500 bits per heavy atom. The molecule has 6 rings (SSSR count). The molecule has 2 atom stereocenters. The number of fused-ring (bicyclic) bond motifs is 2. The maximum absolute atomic E-state index is 3.36. The maximum Gasteiger partial charge on any atom is -1.00 e. The van der Waals surface area contributed by atoms with Gasteiger partial charge in [-0.05, 0) is 0 Å². The van der Waals surface area contributed by atoms with Crippen LogP contribution in [-0.2, 0) is 14.0 Å². The molecule has 0 saturated heterocycles. The molecule has 2 aliphatic rings. The summed E-state index contributed by atoms with van der Waals surface area (Å²) in [5.41, 5.74) is 11.6. The molecular weight excluding hydrogens is 531 g/mol. The molecule has 0 radical (unpaired) electrons. The van der Waals surface area contributed by atoms with Gasteiger partial charge in [0.15, 0.2) is 0 Å². The van der Waals surface area contributed by atoms with Crippen molar-refractivity contribution in [3.8, 4) is 0 Å². The molecule has 36 heavy (non-hydrogen) atoms. The van der Waals surface area contributed by atoms with Gasteiger partial charge in [0.2, 0.25) is 0 Å². The quantitative estimate of drug-likeness (QED) is 0.335. The Morgan fingerprint density at radius 2 is 0.833 bits per heavy atom. The molecule has 0 aromatic heterocycles. The molecule has 0 heterocycles. The predicted octanol–water partition coefficient (Wildman–Crippen LogP) is 1.92. The zero-order chi connectivity index (χ0) is 23.4. The molecular formula is C32H30Cl2SiTi. The molecule has 0 amide bonds. The molecule has 4 aromatic carbocycles. The van der Waals surface area contributed by atoms with E-state index in [1.807, 2.05) is 0 Å². The SMILES string of the molecule is [CH3][Ti+2]([CH3])(=[SiH2])([CH]1C(c2ccccc2)=Cc2ccccc21)[CH]1C(c2ccccc2)=Cc2ccccc21.[Cl-].[Cl-]. The summed E-state index contributed by atoms with van der Waals surface area (Å²) in [5.74, 6) is 0. The van der Waals surface area contributed by atoms with Crippen LogP contribution in [0, 0.1) is 0 Å². The van der Waals surface area contributed by atoms with Gasteiger partial charge in [-0.25, -0.2) is 0 Å². The van der Waals surface area contributed by atoms with Crippen molar-refractivity contribution in [1.82, 2.24) is 0 Å². The van der Waals surface area contributed by atoms with Crippen LogP contribution in [0.15, 0.2) is 109 Å². The van der Waals surface area contributed by atoms with Crippen LogP contribution in [-0.4, -0.2) is 7.63 Å². The fraction of sp³-hybridized carbons (Fsp3) is 0.125. The van der Waals surface area contributed by atoms with Crippen molar-refractivity contribution < 1.29 is 38.9 Å². The van der Waals surface area contributed by atoms with Gasteiger partial charge in [-0.1, -0.05) is 0 Å². The van der Waals surface area contributed by atoms with E-state index in [0.29, 0.717) is 8.45 Å². The second-order valence-corrected chi connectivity index (χ2v) is 31.2. The number of benzene rings is 4. The van der Waals surface area contributed by atoms with Gasteiger partial charge in [0.25, 0.3) is 0 Å². The van der Waals surface area contributed by atoms with Crippen LogP contribution < -0.4 is 24.8 Å². The Kier molecular flexibility index (Phi) is 7.46. The van der Waals surface area contributed by atoms with Gasteiger partial charge < -0.3 is 24.8 Å². The first-order valence-corrected chi connectivity index (χ1v) is 21.2. The van der Waals surface area contributed by atoms with E-state index in [-0.39, 0.29) is 24.8 Å². The van der Waals surface area contributed by atoms with Crippen molar-refractivity contribution in [3.05, 3.63) is 143 Å². The van der Waals surface area contributed by atoms with Crippen molar-refractivity contribution in [2.24, 2.45) is 0 Å². The average molecular weight is 561 g/mol. The summed E-state index contributed by atoms with van der Waals surface area (Å²) in [6, 6.07) is 40.4. The van der Waals surface area contributed by atoms with E-state index in [0.717, 1.165) is 0 Å². The largest absolute Gasteiger partial charge is 1.00 e. The van der Waals surface area contributed by atoms with Crippen molar-refractivity contribution >= 4 is 30.9 Å². The fourth-order valence-corrected chi connectivity index (χ4v) is 18.7. The molecule has 4 aromatic rings. The van der Waals surface area contributed by atoms with Crippen LogP contribution in [0.4, 0.5) is 0 Å². The zero-order valence-corrected chi connectivity index (χ0v) is 25.2. The van der Waals surface area contributed by atoms with Gasteiger partial charge in [-0.3, -0.25) is 0 Å². The zero-order valence-electron chi connectivity index (χ0n) is 20.7. The molecule has 0 saturated carbocycles. The summed E-state index contributed by atoms with van der Waals surface area (Å²) in [6.07, 6.45) is 4.96. The number of hydrogen-bond acceptors (Lipinski definition) is 0. The fourth-order valence-electron chi connectivity index (χ4n) is 6.62. The van der Waals surface area contributed by atoms with E-state index in [9.17, 15) is 0 Å². The van der Waals surface area contributed by atoms with Gasteiger partial charge in [0, 0.05) is 0 Å². The van der Waals surface area contributed by atoms with Crippen molar-refractivity contribution in [1.29, 1.82) is 0 Å². The Balaban J connectivity index is 0.00000152. The molecule has 2 unspecified atom stereocenters. The summed E-state index contributed by atoms with van der Waals surface area (Å²) in [6.45, 7) is 0. The standard InChI is InChI=1S/2C15H11.2CH3.2ClH.H2Si.Ti/c2*1-2-6-12(7-3-1)15-10-13-8-4-5-9-14(13)11-15;;;;;;/h2*1-11H;2*1H3;2*1H;1H2;/q;;;;;;;+2/p-2. The van der Waals surface area contributed by atoms with E-state index in [2.05, 4.69) is 139 Å². The second-order valence-electron chi connectivity index (χ2n) is 11.0. The van der Waals surface area contributed by atoms with E-state index >= 15 is 0 Å². The molecule has 0 bridgehead atoms. The second kappa shape index (κ2) is 9.97. The van der Waals surface area contributed by atoms with Crippen molar-refractivity contribution in [2.75, 3.05) is 0 Å². The van der Waals surface area contributed by atoms with Crippen LogP contribution in [0.3, 0.4) is 0 Å². The van der Waals surface area contributed by atoms with E-state index < -0.39 is 14.0 Å². The van der Waals surface area contributed by atoms with Crippen LogP contribution in [0.5, 0.6) is 0 Å². The van der Waals surface area contributed by atoms with Gasteiger partial charge in [-0.15, -0.1) is 0 Å². The Bertz CT molecular complexity index is 1420. The van der Waals surface area contributed by atoms with Crippen molar-refractivity contribution in [3.63, 3.8) is 0 Å². The normalized spacial score (nSPS) is 17.5. The number of rotatable bonds is 4. The minimum atomic E-state index is -3.36. The van der Waals surface area contributed by atoms with E-state index in [1.165, 1.54) is 44.5 Å². The summed E-state index contributed by atoms with van der Waals surface area (Å²) in [4.78, 5) is 0. The van der Waals surface area contributed by atoms with E-state index in [4.69, 9.17) is 0 Å². The Morgan fingerprint density at radius 3 is 1.22 bits per heavy atom. The molecule has 0 fully saturated rings. The predicted molar refractivity (Wildman–Crippen MR) is 147 cm³/mol. The average Bonchev–Trinajstić information content (AvgIpc) is 3.46. The van der Waals surface area contributed by atoms with E-state index in [1.54, 1.807) is 0 Å². The minimum Gasteiger partial charge on any atom is -1.00 e. The summed E-state index contributed by atoms with van der Waals surface area (Å²) < 4.78 is 0.911. The smallest absolute Gasteiger partial charge is 1.00 e. The number of halogens is 2. The van der Waals surface area contributed by atoms with Gasteiger partial charge >= 0.3 is 206 Å². The Labute approximate surface area is 229 Å². The van der Waals surface area contributed by atoms with Crippen LogP contribution >= 0.6 is 0 Å². The molecule has 180 valence electrons. The summed E-state index contributed by atoms with van der Waals surface area (Å²) in [7, 11) is 2.39. The first kappa shape index (κ1) is 26.9. The third-order valence-corrected chi connectivity index (χ3v) is 19.2. The van der Waals surface area contributed by atoms with Crippen LogP contribution in [0.1, 0.15) is 41.8 Å². The molecule has 0 N–H and O–H groups in total. The van der Waals surface area contributed by atoms with Crippen LogP contribution in [0.25, 0.3) is 23.3 Å². The maximum atomic E-state index is 2.70. The molecule has 0 nitrogen and oxygen atoms in total. The molecule has 0 aliphatic heterocycles. The van der Waals surface area contributed by atoms with Gasteiger partial charge in [-0.2, -0.15) is 0 Å². The van der Waals surface area contributed by atoms with Crippen molar-refractivity contribution in [2.45, 2.75) is 18.9 Å². The summed E-state index contributed by atoms with van der Waals surface area (Å²) >= 11 is -3.36. The third kappa shape index (κ3) is 4.32. The molecule has 4 heteroatoms. The summed E-state index contributed by atoms with van der Waals surface area (Å²) in [5, 5.41) is 5.39. The molecule has 2 aliphatic carbocycles. The molecule has 0 spiro atoms. The Hall–Kier alpha value is -2.13. The van der Waals surface area contributed by atoms with Gasteiger partial charge in [0.1, 0.15) is 0 Å². The third-order valence-electron chi connectivity index (χ3n) is 7.97. The minimum absolute atomic E-state index is 0. The number of hydrogen-bond donors (Lipinski definition) is 0. The number of allylic oxidation sites excluding steroid dienone is 2.